The Labute approximate surface area is 212 Å². The van der Waals surface area contributed by atoms with Gasteiger partial charge in [0.2, 0.25) is 0 Å². The van der Waals surface area contributed by atoms with Crippen LogP contribution < -0.4 is 0 Å². The number of nitrogens with zero attached hydrogens (tertiary/aromatic N) is 4. The van der Waals surface area contributed by atoms with Gasteiger partial charge in [0.25, 0.3) is 0 Å². The van der Waals surface area contributed by atoms with Crippen molar-refractivity contribution in [3.05, 3.63) is 83.0 Å². The highest BCUT2D eigenvalue weighted by Crippen LogP contribution is 2.29. The molecule has 6 nitrogen and oxygen atoms in total. The molecule has 0 spiro atoms. The molecule has 2 fully saturated rings. The fraction of sp³-hybridized carbons (Fsp3) is 0.333. The average Bonchev–Trinajstić information content (AvgIpc) is 3.69. The number of rotatable bonds is 2. The zero-order valence-corrected chi connectivity index (χ0v) is 20.8. The Balaban J connectivity index is 1.16. The lowest BCUT2D eigenvalue weighted by atomic mass is 10.0. The lowest BCUT2D eigenvalue weighted by molar-refractivity contribution is 0.307. The van der Waals surface area contributed by atoms with Gasteiger partial charge in [-0.15, -0.1) is 0 Å². The summed E-state index contributed by atoms with van der Waals surface area (Å²) in [6.07, 6.45) is 8.42. The summed E-state index contributed by atoms with van der Waals surface area (Å²) in [7, 11) is 4.31. The van der Waals surface area contributed by atoms with Gasteiger partial charge in [-0.05, 0) is 99.7 Å². The fourth-order valence-corrected chi connectivity index (χ4v) is 5.33. The minimum Gasteiger partial charge on any atom is -0.334 e. The van der Waals surface area contributed by atoms with Crippen molar-refractivity contribution < 1.29 is 0 Å². The minimum atomic E-state index is 0.378. The number of aromatic nitrogens is 4. The Morgan fingerprint density at radius 1 is 0.694 bits per heavy atom. The number of fused-ring (bicyclic) bond motifs is 1. The van der Waals surface area contributed by atoms with E-state index in [-0.39, 0.29) is 0 Å². The van der Waals surface area contributed by atoms with Crippen molar-refractivity contribution in [1.82, 2.24) is 29.7 Å². The van der Waals surface area contributed by atoms with Crippen LogP contribution in [0.3, 0.4) is 0 Å². The van der Waals surface area contributed by atoms with E-state index in [1.807, 2.05) is 12.4 Å². The number of benzene rings is 2. The maximum Gasteiger partial charge on any atom is 0.124 e. The van der Waals surface area contributed by atoms with E-state index in [1.54, 1.807) is 0 Å². The largest absolute Gasteiger partial charge is 0.334 e. The topological polar surface area (TPSA) is 63.8 Å². The lowest BCUT2D eigenvalue weighted by Crippen LogP contribution is -2.18. The molecule has 6 rings (SSSR count). The van der Waals surface area contributed by atoms with E-state index in [9.17, 15) is 0 Å². The van der Waals surface area contributed by atoms with Crippen LogP contribution in [0.25, 0.3) is 10.8 Å². The third-order valence-corrected chi connectivity index (χ3v) is 7.39. The average molecular weight is 475 g/mol. The third kappa shape index (κ3) is 4.66. The number of H-pyrrole nitrogens is 2. The summed E-state index contributed by atoms with van der Waals surface area (Å²) < 4.78 is 0. The van der Waals surface area contributed by atoms with Gasteiger partial charge >= 0.3 is 0 Å². The molecule has 4 heterocycles. The van der Waals surface area contributed by atoms with Gasteiger partial charge in [-0.2, -0.15) is 0 Å². The summed E-state index contributed by atoms with van der Waals surface area (Å²) in [5.41, 5.74) is 3.68. The zero-order valence-electron chi connectivity index (χ0n) is 20.8. The molecule has 6 heteroatoms. The Bertz CT molecular complexity index is 1410. The van der Waals surface area contributed by atoms with E-state index >= 15 is 0 Å². The number of hydrogen-bond donors (Lipinski definition) is 2. The first-order chi connectivity index (χ1) is 17.6. The Kier molecular flexibility index (Phi) is 6.07. The van der Waals surface area contributed by atoms with Crippen LogP contribution in [0.15, 0.2) is 48.8 Å². The number of imidazole rings is 2. The second kappa shape index (κ2) is 9.66. The molecular weight excluding hydrogens is 444 g/mol. The van der Waals surface area contributed by atoms with Crippen molar-refractivity contribution in [2.75, 3.05) is 27.2 Å². The first-order valence-corrected chi connectivity index (χ1v) is 12.7. The van der Waals surface area contributed by atoms with Crippen LogP contribution in [0, 0.1) is 23.7 Å². The number of hydrogen-bond acceptors (Lipinski definition) is 4. The first kappa shape index (κ1) is 22.6. The highest BCUT2D eigenvalue weighted by atomic mass is 15.2. The SMILES string of the molecule is CN1CCCC1c1ncc(C#Cc2ccc3cc(C#Cc4cnc(C5CCCN5C)[nH]4)ccc3c2)[nH]1. The molecule has 4 aromatic rings. The van der Waals surface area contributed by atoms with E-state index in [0.29, 0.717) is 12.1 Å². The van der Waals surface area contributed by atoms with Crippen LogP contribution in [0.4, 0.5) is 0 Å². The van der Waals surface area contributed by atoms with Gasteiger partial charge < -0.3 is 9.97 Å². The molecule has 36 heavy (non-hydrogen) atoms. The minimum absolute atomic E-state index is 0.378. The molecule has 2 saturated heterocycles. The van der Waals surface area contributed by atoms with Gasteiger partial charge in [0, 0.05) is 11.1 Å². The number of likely N-dealkylation sites (tertiary alicyclic amines) is 2. The molecule has 180 valence electrons. The molecule has 2 N–H and O–H groups in total. The van der Waals surface area contributed by atoms with Crippen molar-refractivity contribution in [2.24, 2.45) is 0 Å². The van der Waals surface area contributed by atoms with E-state index in [0.717, 1.165) is 70.9 Å². The quantitative estimate of drug-likeness (QED) is 0.416. The van der Waals surface area contributed by atoms with E-state index < -0.39 is 0 Å². The van der Waals surface area contributed by atoms with Crippen molar-refractivity contribution in [1.29, 1.82) is 0 Å². The van der Waals surface area contributed by atoms with Crippen LogP contribution in [-0.4, -0.2) is 56.9 Å². The maximum absolute atomic E-state index is 4.56. The van der Waals surface area contributed by atoms with Gasteiger partial charge in [0.15, 0.2) is 0 Å². The standard InChI is InChI=1S/C30H30N6/c1-35-15-3-5-27(35)29-31-19-25(33-29)13-9-21-7-11-24-18-22(8-12-23(24)17-21)10-14-26-20-32-30(34-26)28-6-4-16-36(28)2/h7-8,11-12,17-20,27-28H,3-6,15-16H2,1-2H3,(H,31,33)(H,32,34). The van der Waals surface area contributed by atoms with Crippen LogP contribution in [0.2, 0.25) is 0 Å². The molecule has 0 saturated carbocycles. The summed E-state index contributed by atoms with van der Waals surface area (Å²) >= 11 is 0. The molecule has 2 aromatic heterocycles. The van der Waals surface area contributed by atoms with Crippen molar-refractivity contribution in [3.8, 4) is 23.7 Å². The Morgan fingerprint density at radius 2 is 1.17 bits per heavy atom. The number of aromatic amines is 2. The van der Waals surface area contributed by atoms with Crippen LogP contribution in [0.5, 0.6) is 0 Å². The second-order valence-corrected chi connectivity index (χ2v) is 9.92. The van der Waals surface area contributed by atoms with Crippen LogP contribution in [0.1, 0.15) is 71.9 Å². The highest BCUT2D eigenvalue weighted by Gasteiger charge is 2.25. The number of nitrogens with one attached hydrogen (secondary N) is 2. The summed E-state index contributed by atoms with van der Waals surface area (Å²) in [5, 5.41) is 2.30. The van der Waals surface area contributed by atoms with Crippen molar-refractivity contribution in [3.63, 3.8) is 0 Å². The van der Waals surface area contributed by atoms with Crippen molar-refractivity contribution >= 4 is 10.8 Å². The second-order valence-electron chi connectivity index (χ2n) is 9.92. The van der Waals surface area contributed by atoms with Gasteiger partial charge in [-0.1, -0.05) is 24.0 Å². The maximum atomic E-state index is 4.56. The van der Waals surface area contributed by atoms with Crippen molar-refractivity contribution in [2.45, 2.75) is 37.8 Å². The third-order valence-electron chi connectivity index (χ3n) is 7.39. The fourth-order valence-electron chi connectivity index (χ4n) is 5.33. The molecule has 2 aliphatic rings. The smallest absolute Gasteiger partial charge is 0.124 e. The molecule has 2 atom stereocenters. The summed E-state index contributed by atoms with van der Waals surface area (Å²) in [6, 6.07) is 13.4. The van der Waals surface area contributed by atoms with Gasteiger partial charge in [-0.3, -0.25) is 9.80 Å². The molecule has 0 radical (unpaired) electrons. The van der Waals surface area contributed by atoms with Gasteiger partial charge in [0.05, 0.1) is 24.5 Å². The van der Waals surface area contributed by atoms with Crippen LogP contribution in [-0.2, 0) is 0 Å². The summed E-state index contributed by atoms with van der Waals surface area (Å²) in [6.45, 7) is 2.25. The Hall–Kier alpha value is -3.84. The summed E-state index contributed by atoms with van der Waals surface area (Å²) in [4.78, 5) is 20.6. The Morgan fingerprint density at radius 3 is 1.58 bits per heavy atom. The first-order valence-electron chi connectivity index (χ1n) is 12.7. The van der Waals surface area contributed by atoms with E-state index in [1.165, 1.54) is 12.8 Å². The monoisotopic (exact) mass is 474 g/mol. The van der Waals surface area contributed by atoms with Gasteiger partial charge in [0.1, 0.15) is 23.0 Å². The summed E-state index contributed by atoms with van der Waals surface area (Å²) in [5.74, 6) is 15.1. The zero-order chi connectivity index (χ0) is 24.5. The van der Waals surface area contributed by atoms with Gasteiger partial charge in [-0.25, -0.2) is 9.97 Å². The van der Waals surface area contributed by atoms with E-state index in [2.05, 4.69) is 104 Å². The predicted molar refractivity (Wildman–Crippen MR) is 142 cm³/mol. The normalized spacial score (nSPS) is 20.3. The molecule has 0 amide bonds. The molecule has 0 bridgehead atoms. The molecular formula is C30H30N6. The van der Waals surface area contributed by atoms with Crippen LogP contribution >= 0.6 is 0 Å². The highest BCUT2D eigenvalue weighted by molar-refractivity contribution is 5.85. The van der Waals surface area contributed by atoms with E-state index in [4.69, 9.17) is 0 Å². The lowest BCUT2D eigenvalue weighted by Gasteiger charge is -2.16. The molecule has 0 aliphatic carbocycles. The molecule has 2 unspecified atom stereocenters. The predicted octanol–water partition coefficient (Wildman–Crippen LogP) is 4.62. The molecule has 2 aromatic carbocycles. The molecule has 2 aliphatic heterocycles.